The second-order valence-electron chi connectivity index (χ2n) is 9.28. The Morgan fingerprint density at radius 3 is 2.26 bits per heavy atom. The van der Waals surface area contributed by atoms with Crippen molar-refractivity contribution in [1.82, 2.24) is 10.3 Å². The summed E-state index contributed by atoms with van der Waals surface area (Å²) in [4.78, 5) is 55.6. The van der Waals surface area contributed by atoms with Crippen molar-refractivity contribution in [1.29, 1.82) is 0 Å². The van der Waals surface area contributed by atoms with Crippen LogP contribution in [0.25, 0.3) is 6.08 Å². The van der Waals surface area contributed by atoms with Crippen LogP contribution in [0.3, 0.4) is 0 Å². The van der Waals surface area contributed by atoms with Gasteiger partial charge in [0.15, 0.2) is 5.78 Å². The molecule has 8 nitrogen and oxygen atoms in total. The van der Waals surface area contributed by atoms with Gasteiger partial charge in [0.2, 0.25) is 5.91 Å². The van der Waals surface area contributed by atoms with Crippen LogP contribution in [-0.4, -0.2) is 33.7 Å². The topological polar surface area (TPSA) is 117 Å². The van der Waals surface area contributed by atoms with Gasteiger partial charge in [-0.25, -0.2) is 0 Å². The van der Waals surface area contributed by atoms with Crippen LogP contribution in [0.2, 0.25) is 0 Å². The zero-order valence-corrected chi connectivity index (χ0v) is 24.0. The van der Waals surface area contributed by atoms with Crippen LogP contribution in [0.1, 0.15) is 46.5 Å². The van der Waals surface area contributed by atoms with E-state index in [2.05, 4.69) is 20.9 Å². The molecule has 42 heavy (non-hydrogen) atoms. The van der Waals surface area contributed by atoms with Crippen molar-refractivity contribution in [3.8, 4) is 0 Å². The number of ketones is 1. The summed E-state index contributed by atoms with van der Waals surface area (Å²) in [6.45, 7) is 3.42. The van der Waals surface area contributed by atoms with Gasteiger partial charge in [-0.2, -0.15) is 0 Å². The molecule has 1 atom stereocenters. The Morgan fingerprint density at radius 2 is 1.60 bits per heavy atom. The zero-order valence-electron chi connectivity index (χ0n) is 23.2. The van der Waals surface area contributed by atoms with E-state index in [9.17, 15) is 19.2 Å². The highest BCUT2D eigenvalue weighted by atomic mass is 32.2. The van der Waals surface area contributed by atoms with E-state index in [1.54, 1.807) is 103 Å². The average Bonchev–Trinajstić information content (AvgIpc) is 3.00. The molecular formula is C33H30N4O4S. The van der Waals surface area contributed by atoms with E-state index < -0.39 is 17.1 Å². The number of hydrogen-bond donors (Lipinski definition) is 3. The largest absolute Gasteiger partial charge is 0.325 e. The summed E-state index contributed by atoms with van der Waals surface area (Å²) in [5, 5.41) is 8.07. The van der Waals surface area contributed by atoms with Gasteiger partial charge in [-0.15, -0.1) is 11.8 Å². The van der Waals surface area contributed by atoms with E-state index in [4.69, 9.17) is 0 Å². The number of aromatic nitrogens is 1. The molecule has 1 unspecified atom stereocenters. The van der Waals surface area contributed by atoms with Gasteiger partial charge in [0.25, 0.3) is 11.8 Å². The SMILES string of the molecule is CCC(Sc1cccc(NC(=O)/C(=C/c2cccnc2)NC(=O)c2ccccc2)c1)C(=O)Nc1ccc(C(C)=O)cc1. The van der Waals surface area contributed by atoms with Gasteiger partial charge in [0.1, 0.15) is 5.70 Å². The minimum Gasteiger partial charge on any atom is -0.325 e. The minimum absolute atomic E-state index is 0.0416. The molecule has 0 saturated heterocycles. The number of anilines is 2. The van der Waals surface area contributed by atoms with Crippen LogP contribution in [0, 0.1) is 0 Å². The number of carbonyl (C=O) groups excluding carboxylic acids is 4. The second-order valence-corrected chi connectivity index (χ2v) is 10.6. The molecule has 0 aliphatic carbocycles. The number of carbonyl (C=O) groups is 4. The molecule has 0 fully saturated rings. The molecule has 0 spiro atoms. The van der Waals surface area contributed by atoms with Crippen LogP contribution >= 0.6 is 11.8 Å². The fraction of sp³-hybridized carbons (Fsp3) is 0.121. The highest BCUT2D eigenvalue weighted by molar-refractivity contribution is 8.00. The molecule has 1 heterocycles. The van der Waals surface area contributed by atoms with Crippen molar-refractivity contribution in [2.24, 2.45) is 0 Å². The van der Waals surface area contributed by atoms with Gasteiger partial charge in [-0.1, -0.05) is 37.3 Å². The summed E-state index contributed by atoms with van der Waals surface area (Å²) in [5.74, 6) is -1.14. The molecule has 9 heteroatoms. The summed E-state index contributed by atoms with van der Waals surface area (Å²) in [6, 6.07) is 26.1. The van der Waals surface area contributed by atoms with E-state index in [-0.39, 0.29) is 17.4 Å². The molecule has 4 rings (SSSR count). The Balaban J connectivity index is 1.46. The third kappa shape index (κ3) is 8.49. The summed E-state index contributed by atoms with van der Waals surface area (Å²) < 4.78 is 0. The molecular weight excluding hydrogens is 548 g/mol. The molecule has 1 aromatic heterocycles. The highest BCUT2D eigenvalue weighted by Crippen LogP contribution is 2.29. The normalized spacial score (nSPS) is 11.7. The first-order valence-electron chi connectivity index (χ1n) is 13.3. The van der Waals surface area contributed by atoms with Gasteiger partial charge in [-0.3, -0.25) is 24.2 Å². The molecule has 0 aliphatic rings. The van der Waals surface area contributed by atoms with Gasteiger partial charge in [-0.05, 0) is 85.6 Å². The molecule has 0 saturated carbocycles. The molecule has 4 aromatic rings. The van der Waals surface area contributed by atoms with Crippen LogP contribution in [0.4, 0.5) is 11.4 Å². The fourth-order valence-corrected chi connectivity index (χ4v) is 4.93. The number of thioether (sulfide) groups is 1. The highest BCUT2D eigenvalue weighted by Gasteiger charge is 2.19. The zero-order chi connectivity index (χ0) is 29.9. The maximum atomic E-state index is 13.3. The van der Waals surface area contributed by atoms with Crippen LogP contribution in [-0.2, 0) is 9.59 Å². The third-order valence-corrected chi connectivity index (χ3v) is 7.47. The molecule has 3 amide bonds. The number of rotatable bonds is 11. The summed E-state index contributed by atoms with van der Waals surface area (Å²) in [5.41, 5.74) is 2.80. The molecule has 3 N–H and O–H groups in total. The smallest absolute Gasteiger partial charge is 0.272 e. The van der Waals surface area contributed by atoms with Crippen molar-refractivity contribution in [2.75, 3.05) is 10.6 Å². The summed E-state index contributed by atoms with van der Waals surface area (Å²) in [6.07, 6.45) is 5.34. The number of hydrogen-bond acceptors (Lipinski definition) is 6. The third-order valence-electron chi connectivity index (χ3n) is 6.12. The van der Waals surface area contributed by atoms with Crippen LogP contribution < -0.4 is 16.0 Å². The van der Waals surface area contributed by atoms with Crippen molar-refractivity contribution in [2.45, 2.75) is 30.4 Å². The van der Waals surface area contributed by atoms with Crippen molar-refractivity contribution in [3.05, 3.63) is 126 Å². The van der Waals surface area contributed by atoms with E-state index in [1.807, 2.05) is 13.0 Å². The van der Waals surface area contributed by atoms with Crippen LogP contribution in [0.15, 0.2) is 114 Å². The van der Waals surface area contributed by atoms with Gasteiger partial charge < -0.3 is 16.0 Å². The predicted molar refractivity (Wildman–Crippen MR) is 166 cm³/mol. The van der Waals surface area contributed by atoms with Gasteiger partial charge in [0, 0.05) is 39.8 Å². The van der Waals surface area contributed by atoms with E-state index in [0.717, 1.165) is 4.90 Å². The number of pyridine rings is 1. The van der Waals surface area contributed by atoms with E-state index in [0.29, 0.717) is 34.5 Å². The first kappa shape index (κ1) is 30.0. The Hall–Kier alpha value is -5.02. The molecule has 0 aliphatic heterocycles. The standard InChI is InChI=1S/C33H30N4O4S/c1-3-30(33(41)35-26-16-14-24(15-17-26)22(2)38)42-28-13-7-12-27(20-28)36-32(40)29(19-23-9-8-18-34-21-23)37-31(39)25-10-5-4-6-11-25/h4-21,30H,3H2,1-2H3,(H,35,41)(H,36,40)(H,37,39)/b29-19-. The Bertz CT molecular complexity index is 1590. The number of amides is 3. The van der Waals surface area contributed by atoms with E-state index >= 15 is 0 Å². The maximum absolute atomic E-state index is 13.3. The van der Waals surface area contributed by atoms with Crippen molar-refractivity contribution < 1.29 is 19.2 Å². The quantitative estimate of drug-likeness (QED) is 0.111. The summed E-state index contributed by atoms with van der Waals surface area (Å²) in [7, 11) is 0. The van der Waals surface area contributed by atoms with Crippen molar-refractivity contribution in [3.63, 3.8) is 0 Å². The van der Waals surface area contributed by atoms with Gasteiger partial charge in [0.05, 0.1) is 5.25 Å². The van der Waals surface area contributed by atoms with Crippen molar-refractivity contribution >= 4 is 52.7 Å². The molecule has 212 valence electrons. The Labute approximate surface area is 248 Å². The lowest BCUT2D eigenvalue weighted by Gasteiger charge is -2.16. The Morgan fingerprint density at radius 1 is 0.833 bits per heavy atom. The lowest BCUT2D eigenvalue weighted by molar-refractivity contribution is -0.116. The maximum Gasteiger partial charge on any atom is 0.272 e. The number of nitrogens with zero attached hydrogens (tertiary/aromatic N) is 1. The Kier molecular flexibility index (Phi) is 10.4. The molecule has 0 bridgehead atoms. The molecule has 0 radical (unpaired) electrons. The number of nitrogens with one attached hydrogen (secondary N) is 3. The number of Topliss-reactive ketones (excluding diaryl/α,β-unsaturated/α-hetero) is 1. The molecule has 3 aromatic carbocycles. The first-order chi connectivity index (χ1) is 20.3. The van der Waals surface area contributed by atoms with Gasteiger partial charge >= 0.3 is 0 Å². The monoisotopic (exact) mass is 578 g/mol. The minimum atomic E-state index is -0.510. The fourth-order valence-electron chi connectivity index (χ4n) is 3.91. The average molecular weight is 579 g/mol. The van der Waals surface area contributed by atoms with Crippen LogP contribution in [0.5, 0.6) is 0 Å². The number of benzene rings is 3. The predicted octanol–water partition coefficient (Wildman–Crippen LogP) is 6.20. The lowest BCUT2D eigenvalue weighted by Crippen LogP contribution is -2.30. The summed E-state index contributed by atoms with van der Waals surface area (Å²) >= 11 is 1.37. The van der Waals surface area contributed by atoms with E-state index in [1.165, 1.54) is 18.7 Å². The lowest BCUT2D eigenvalue weighted by atomic mass is 10.1. The second kappa shape index (κ2) is 14.6. The first-order valence-corrected chi connectivity index (χ1v) is 14.2.